The second-order valence-corrected chi connectivity index (χ2v) is 7.28. The average molecular weight is 406 g/mol. The monoisotopic (exact) mass is 405 g/mol. The van der Waals surface area contributed by atoms with Gasteiger partial charge in [-0.2, -0.15) is 0 Å². The standard InChI is InChI=1S/C20H21Cl2N3O2/c1-25(2)17(12-5-4-6-14(9-12)27-3)11-23-20(26)19-18(22)15-10-13(21)7-8-16(15)24-19/h4-10,17,24H,11H2,1-3H3,(H,23,26). The van der Waals surface area contributed by atoms with Gasteiger partial charge in [0.1, 0.15) is 11.4 Å². The molecule has 0 saturated heterocycles. The van der Waals surface area contributed by atoms with Crippen LogP contribution in [-0.4, -0.2) is 43.5 Å². The van der Waals surface area contributed by atoms with Crippen molar-refractivity contribution in [3.05, 3.63) is 63.8 Å². The molecule has 3 rings (SSSR count). The maximum Gasteiger partial charge on any atom is 0.269 e. The van der Waals surface area contributed by atoms with Crippen LogP contribution in [0.4, 0.5) is 0 Å². The molecule has 1 amide bonds. The molecule has 0 aliphatic carbocycles. The molecule has 2 aromatic carbocycles. The summed E-state index contributed by atoms with van der Waals surface area (Å²) in [4.78, 5) is 17.8. The maximum atomic E-state index is 12.7. The summed E-state index contributed by atoms with van der Waals surface area (Å²) in [6, 6.07) is 13.1. The Morgan fingerprint density at radius 2 is 2.00 bits per heavy atom. The summed E-state index contributed by atoms with van der Waals surface area (Å²) in [6.45, 7) is 0.422. The Hall–Kier alpha value is -2.21. The van der Waals surface area contributed by atoms with Gasteiger partial charge in [-0.1, -0.05) is 35.3 Å². The largest absolute Gasteiger partial charge is 0.497 e. The van der Waals surface area contributed by atoms with Gasteiger partial charge in [0.2, 0.25) is 0 Å². The van der Waals surface area contributed by atoms with Gasteiger partial charge in [-0.15, -0.1) is 0 Å². The van der Waals surface area contributed by atoms with Crippen LogP contribution >= 0.6 is 23.2 Å². The molecule has 2 N–H and O–H groups in total. The number of aromatic nitrogens is 1. The SMILES string of the molecule is COc1cccc(C(CNC(=O)c2[nH]c3ccc(Cl)cc3c2Cl)N(C)C)c1. The Balaban J connectivity index is 1.79. The lowest BCUT2D eigenvalue weighted by molar-refractivity contribution is 0.0938. The summed E-state index contributed by atoms with van der Waals surface area (Å²) in [5.74, 6) is 0.517. The molecule has 3 aromatic rings. The quantitative estimate of drug-likeness (QED) is 0.633. The van der Waals surface area contributed by atoms with Crippen molar-refractivity contribution in [1.82, 2.24) is 15.2 Å². The van der Waals surface area contributed by atoms with Gasteiger partial charge in [0.05, 0.1) is 18.2 Å². The maximum absolute atomic E-state index is 12.7. The third kappa shape index (κ3) is 4.21. The molecule has 0 radical (unpaired) electrons. The molecule has 0 saturated carbocycles. The van der Waals surface area contributed by atoms with Crippen molar-refractivity contribution in [3.8, 4) is 5.75 Å². The fraction of sp³-hybridized carbons (Fsp3) is 0.250. The van der Waals surface area contributed by atoms with E-state index in [0.29, 0.717) is 22.3 Å². The number of aromatic amines is 1. The van der Waals surface area contributed by atoms with E-state index in [-0.39, 0.29) is 11.9 Å². The van der Waals surface area contributed by atoms with Gasteiger partial charge in [0, 0.05) is 22.5 Å². The summed E-state index contributed by atoms with van der Waals surface area (Å²) in [5.41, 5.74) is 2.15. The van der Waals surface area contributed by atoms with E-state index in [0.717, 1.165) is 22.2 Å². The van der Waals surface area contributed by atoms with Crippen molar-refractivity contribution in [2.75, 3.05) is 27.7 Å². The molecule has 1 heterocycles. The normalized spacial score (nSPS) is 12.4. The van der Waals surface area contributed by atoms with Crippen LogP contribution in [0.5, 0.6) is 5.75 Å². The van der Waals surface area contributed by atoms with Crippen LogP contribution in [0.1, 0.15) is 22.1 Å². The molecule has 5 nitrogen and oxygen atoms in total. The molecule has 7 heteroatoms. The van der Waals surface area contributed by atoms with E-state index >= 15 is 0 Å². The number of benzene rings is 2. The number of amides is 1. The molecule has 0 aliphatic rings. The number of hydrogen-bond donors (Lipinski definition) is 2. The van der Waals surface area contributed by atoms with E-state index in [4.69, 9.17) is 27.9 Å². The van der Waals surface area contributed by atoms with E-state index in [9.17, 15) is 4.79 Å². The number of methoxy groups -OCH3 is 1. The predicted octanol–water partition coefficient (Wildman–Crippen LogP) is 4.52. The van der Waals surface area contributed by atoms with E-state index in [1.54, 1.807) is 25.3 Å². The first-order valence-corrected chi connectivity index (χ1v) is 9.21. The van der Waals surface area contributed by atoms with Gasteiger partial charge in [0.15, 0.2) is 0 Å². The molecular formula is C20H21Cl2N3O2. The molecule has 1 aromatic heterocycles. The third-order valence-electron chi connectivity index (χ3n) is 4.48. The molecule has 142 valence electrons. The smallest absolute Gasteiger partial charge is 0.269 e. The van der Waals surface area contributed by atoms with Crippen molar-refractivity contribution < 1.29 is 9.53 Å². The van der Waals surface area contributed by atoms with E-state index in [1.807, 2.05) is 43.3 Å². The predicted molar refractivity (Wildman–Crippen MR) is 110 cm³/mol. The second kappa shape index (κ2) is 8.21. The summed E-state index contributed by atoms with van der Waals surface area (Å²) >= 11 is 12.4. The van der Waals surface area contributed by atoms with Gasteiger partial charge in [0.25, 0.3) is 5.91 Å². The molecule has 27 heavy (non-hydrogen) atoms. The van der Waals surface area contributed by atoms with Crippen LogP contribution in [0.2, 0.25) is 10.0 Å². The number of ether oxygens (including phenoxy) is 1. The first kappa shape index (κ1) is 19.5. The number of H-pyrrole nitrogens is 1. The molecule has 1 atom stereocenters. The van der Waals surface area contributed by atoms with E-state index < -0.39 is 0 Å². The first-order chi connectivity index (χ1) is 12.9. The van der Waals surface area contributed by atoms with Crippen molar-refractivity contribution in [1.29, 1.82) is 0 Å². The van der Waals surface area contributed by atoms with Crippen LogP contribution in [-0.2, 0) is 0 Å². The Kier molecular flexibility index (Phi) is 5.95. The summed E-state index contributed by atoms with van der Waals surface area (Å²) in [5, 5.41) is 4.63. The van der Waals surface area contributed by atoms with Gasteiger partial charge in [-0.05, 0) is 50.0 Å². The minimum absolute atomic E-state index is 0.0124. The van der Waals surface area contributed by atoms with Crippen molar-refractivity contribution in [3.63, 3.8) is 0 Å². The number of likely N-dealkylation sites (N-methyl/N-ethyl adjacent to an activating group) is 1. The number of carbonyl (C=O) groups excluding carboxylic acids is 1. The van der Waals surface area contributed by atoms with E-state index in [2.05, 4.69) is 10.3 Å². The fourth-order valence-electron chi connectivity index (χ4n) is 3.01. The molecule has 1 unspecified atom stereocenters. The van der Waals surface area contributed by atoms with Gasteiger partial charge in [-0.3, -0.25) is 4.79 Å². The minimum atomic E-state index is -0.262. The van der Waals surface area contributed by atoms with Crippen LogP contribution in [0.15, 0.2) is 42.5 Å². The van der Waals surface area contributed by atoms with Crippen molar-refractivity contribution in [2.45, 2.75) is 6.04 Å². The number of hydrogen-bond acceptors (Lipinski definition) is 3. The number of rotatable bonds is 6. The highest BCUT2D eigenvalue weighted by atomic mass is 35.5. The molecular weight excluding hydrogens is 385 g/mol. The zero-order valence-electron chi connectivity index (χ0n) is 15.3. The van der Waals surface area contributed by atoms with Gasteiger partial charge < -0.3 is 19.9 Å². The topological polar surface area (TPSA) is 57.4 Å². The molecule has 0 aliphatic heterocycles. The molecule has 0 spiro atoms. The Bertz CT molecular complexity index is 969. The van der Waals surface area contributed by atoms with Crippen LogP contribution < -0.4 is 10.1 Å². The number of nitrogens with zero attached hydrogens (tertiary/aromatic N) is 1. The number of nitrogens with one attached hydrogen (secondary N) is 2. The lowest BCUT2D eigenvalue weighted by Crippen LogP contribution is -2.34. The van der Waals surface area contributed by atoms with Crippen LogP contribution in [0.3, 0.4) is 0 Å². The molecule has 0 fully saturated rings. The van der Waals surface area contributed by atoms with Gasteiger partial charge in [-0.25, -0.2) is 0 Å². The summed E-state index contributed by atoms with van der Waals surface area (Å²) in [7, 11) is 5.57. The highest BCUT2D eigenvalue weighted by Crippen LogP contribution is 2.30. The highest BCUT2D eigenvalue weighted by Gasteiger charge is 2.20. The lowest BCUT2D eigenvalue weighted by Gasteiger charge is -2.25. The second-order valence-electron chi connectivity index (χ2n) is 6.47. The fourth-order valence-corrected chi connectivity index (χ4v) is 3.47. The van der Waals surface area contributed by atoms with Crippen LogP contribution in [0.25, 0.3) is 10.9 Å². The van der Waals surface area contributed by atoms with Gasteiger partial charge >= 0.3 is 0 Å². The Labute approximate surface area is 168 Å². The zero-order chi connectivity index (χ0) is 19.6. The Morgan fingerprint density at radius 1 is 1.22 bits per heavy atom. The van der Waals surface area contributed by atoms with E-state index in [1.165, 1.54) is 0 Å². The lowest BCUT2D eigenvalue weighted by atomic mass is 10.1. The first-order valence-electron chi connectivity index (χ1n) is 8.46. The minimum Gasteiger partial charge on any atom is -0.497 e. The number of halogens is 2. The average Bonchev–Trinajstić information content (AvgIpc) is 2.98. The van der Waals surface area contributed by atoms with Crippen molar-refractivity contribution in [2.24, 2.45) is 0 Å². The highest BCUT2D eigenvalue weighted by molar-refractivity contribution is 6.39. The summed E-state index contributed by atoms with van der Waals surface area (Å²) in [6.07, 6.45) is 0. The summed E-state index contributed by atoms with van der Waals surface area (Å²) < 4.78 is 5.30. The van der Waals surface area contributed by atoms with Crippen LogP contribution in [0, 0.1) is 0 Å². The number of carbonyl (C=O) groups is 1. The Morgan fingerprint density at radius 3 is 2.70 bits per heavy atom. The number of fused-ring (bicyclic) bond motifs is 1. The molecule has 0 bridgehead atoms. The third-order valence-corrected chi connectivity index (χ3v) is 5.11. The zero-order valence-corrected chi connectivity index (χ0v) is 16.9. The van der Waals surface area contributed by atoms with Crippen molar-refractivity contribution >= 4 is 40.0 Å².